The summed E-state index contributed by atoms with van der Waals surface area (Å²) in [6.45, 7) is 4.15. The number of hydrogen-bond donors (Lipinski definition) is 0. The molecular weight excluding hydrogens is 300 g/mol. The van der Waals surface area contributed by atoms with E-state index in [9.17, 15) is 0 Å². The highest BCUT2D eigenvalue weighted by atomic mass is 16.5. The summed E-state index contributed by atoms with van der Waals surface area (Å²) in [5.41, 5.74) is 0. The van der Waals surface area contributed by atoms with Crippen LogP contribution in [0.2, 0.25) is 0 Å². The van der Waals surface area contributed by atoms with Gasteiger partial charge in [-0.05, 0) is 58.2 Å². The number of ether oxygens (including phenoxy) is 1. The highest BCUT2D eigenvalue weighted by Crippen LogP contribution is 2.33. The van der Waals surface area contributed by atoms with Crippen molar-refractivity contribution >= 4 is 0 Å². The fraction of sp³-hybridized carbons (Fsp3) is 0.895. The van der Waals surface area contributed by atoms with Crippen LogP contribution in [0, 0.1) is 5.92 Å². The van der Waals surface area contributed by atoms with Gasteiger partial charge in [-0.1, -0.05) is 19.3 Å². The standard InChI is InChI=1S/C19H32N4O/c1-22-10-7-15(8-11-22)13-18-20-19(16-9-12-24-14-16)23(21-18)17-5-3-2-4-6-17/h15-17H,2-14H2,1H3/t16-/m1/s1. The minimum Gasteiger partial charge on any atom is -0.381 e. The Kier molecular flexibility index (Phi) is 5.18. The third-order valence-corrected chi connectivity index (χ3v) is 6.23. The fourth-order valence-corrected chi connectivity index (χ4v) is 4.60. The molecule has 0 radical (unpaired) electrons. The maximum Gasteiger partial charge on any atom is 0.151 e. The number of piperidine rings is 1. The minimum absolute atomic E-state index is 0.464. The first-order valence-electron chi connectivity index (χ1n) is 10.0. The lowest BCUT2D eigenvalue weighted by atomic mass is 9.93. The van der Waals surface area contributed by atoms with Gasteiger partial charge in [0.05, 0.1) is 12.6 Å². The molecule has 0 bridgehead atoms. The largest absolute Gasteiger partial charge is 0.381 e. The predicted octanol–water partition coefficient (Wildman–Crippen LogP) is 3.17. The Bertz CT molecular complexity index is 523. The van der Waals surface area contributed by atoms with E-state index in [-0.39, 0.29) is 0 Å². The van der Waals surface area contributed by atoms with E-state index in [4.69, 9.17) is 14.8 Å². The van der Waals surface area contributed by atoms with Gasteiger partial charge >= 0.3 is 0 Å². The Morgan fingerprint density at radius 1 is 1.04 bits per heavy atom. The number of aromatic nitrogens is 3. The van der Waals surface area contributed by atoms with Crippen molar-refractivity contribution in [1.82, 2.24) is 19.7 Å². The van der Waals surface area contributed by atoms with Gasteiger partial charge < -0.3 is 9.64 Å². The van der Waals surface area contributed by atoms with Gasteiger partial charge in [-0.25, -0.2) is 9.67 Å². The predicted molar refractivity (Wildman–Crippen MR) is 94.2 cm³/mol. The second kappa shape index (κ2) is 7.52. The molecule has 1 aromatic rings. The minimum atomic E-state index is 0.464. The average Bonchev–Trinajstić information content (AvgIpc) is 3.27. The number of hydrogen-bond acceptors (Lipinski definition) is 4. The first-order valence-corrected chi connectivity index (χ1v) is 10.0. The average molecular weight is 332 g/mol. The van der Waals surface area contributed by atoms with Crippen LogP contribution >= 0.6 is 0 Å². The molecule has 134 valence electrons. The lowest BCUT2D eigenvalue weighted by molar-refractivity contribution is 0.191. The second-order valence-corrected chi connectivity index (χ2v) is 8.13. The van der Waals surface area contributed by atoms with Crippen molar-refractivity contribution < 1.29 is 4.74 Å². The van der Waals surface area contributed by atoms with Crippen molar-refractivity contribution in [2.24, 2.45) is 5.92 Å². The van der Waals surface area contributed by atoms with E-state index in [1.54, 1.807) is 0 Å². The van der Waals surface area contributed by atoms with Gasteiger partial charge in [0.1, 0.15) is 5.82 Å². The molecule has 0 unspecified atom stereocenters. The fourth-order valence-electron chi connectivity index (χ4n) is 4.60. The molecule has 2 aliphatic heterocycles. The van der Waals surface area contributed by atoms with Crippen molar-refractivity contribution in [2.75, 3.05) is 33.4 Å². The molecule has 5 nitrogen and oxygen atoms in total. The summed E-state index contributed by atoms with van der Waals surface area (Å²) >= 11 is 0. The maximum atomic E-state index is 5.64. The van der Waals surface area contributed by atoms with Gasteiger partial charge in [0.25, 0.3) is 0 Å². The summed E-state index contributed by atoms with van der Waals surface area (Å²) in [6.07, 6.45) is 11.4. The Labute approximate surface area is 145 Å². The monoisotopic (exact) mass is 332 g/mol. The van der Waals surface area contributed by atoms with E-state index >= 15 is 0 Å². The second-order valence-electron chi connectivity index (χ2n) is 8.13. The van der Waals surface area contributed by atoms with Gasteiger partial charge in [0.15, 0.2) is 5.82 Å². The van der Waals surface area contributed by atoms with Gasteiger partial charge in [-0.2, -0.15) is 5.10 Å². The van der Waals surface area contributed by atoms with Crippen molar-refractivity contribution in [3.8, 4) is 0 Å². The molecule has 1 atom stereocenters. The molecule has 0 aromatic carbocycles. The molecule has 1 saturated carbocycles. The zero-order valence-electron chi connectivity index (χ0n) is 15.1. The summed E-state index contributed by atoms with van der Waals surface area (Å²) in [5, 5.41) is 5.03. The van der Waals surface area contributed by atoms with Gasteiger partial charge in [0, 0.05) is 18.9 Å². The molecule has 5 heteroatoms. The summed E-state index contributed by atoms with van der Waals surface area (Å²) in [4.78, 5) is 7.48. The summed E-state index contributed by atoms with van der Waals surface area (Å²) in [5.74, 6) is 3.54. The number of likely N-dealkylation sites (tertiary alicyclic amines) is 1. The number of rotatable bonds is 4. The molecule has 4 rings (SSSR count). The molecule has 2 saturated heterocycles. The van der Waals surface area contributed by atoms with Gasteiger partial charge in [0.2, 0.25) is 0 Å². The van der Waals surface area contributed by atoms with E-state index in [1.165, 1.54) is 63.9 Å². The molecule has 0 amide bonds. The van der Waals surface area contributed by atoms with Crippen LogP contribution in [0.25, 0.3) is 0 Å². The van der Waals surface area contributed by atoms with Crippen molar-refractivity contribution in [2.45, 2.75) is 69.7 Å². The lowest BCUT2D eigenvalue weighted by Crippen LogP contribution is -2.31. The van der Waals surface area contributed by atoms with Crippen molar-refractivity contribution in [3.05, 3.63) is 11.6 Å². The van der Waals surface area contributed by atoms with E-state index in [2.05, 4.69) is 16.6 Å². The van der Waals surface area contributed by atoms with Crippen molar-refractivity contribution in [3.63, 3.8) is 0 Å². The molecule has 3 fully saturated rings. The van der Waals surface area contributed by atoms with Crippen LogP contribution in [-0.4, -0.2) is 53.0 Å². The molecule has 24 heavy (non-hydrogen) atoms. The topological polar surface area (TPSA) is 43.2 Å². The molecule has 0 N–H and O–H groups in total. The van der Waals surface area contributed by atoms with E-state index < -0.39 is 0 Å². The Morgan fingerprint density at radius 2 is 1.83 bits per heavy atom. The third kappa shape index (κ3) is 3.67. The Hall–Kier alpha value is -0.940. The van der Waals surface area contributed by atoms with E-state index in [0.717, 1.165) is 37.8 Å². The molecule has 3 heterocycles. The molecule has 3 aliphatic rings. The van der Waals surface area contributed by atoms with Crippen LogP contribution < -0.4 is 0 Å². The van der Waals surface area contributed by atoms with Gasteiger partial charge in [-0.15, -0.1) is 0 Å². The Balaban J connectivity index is 1.51. The highest BCUT2D eigenvalue weighted by molar-refractivity contribution is 5.05. The van der Waals surface area contributed by atoms with Crippen LogP contribution in [0.4, 0.5) is 0 Å². The third-order valence-electron chi connectivity index (χ3n) is 6.23. The molecule has 0 spiro atoms. The normalized spacial score (nSPS) is 27.8. The van der Waals surface area contributed by atoms with Gasteiger partial charge in [-0.3, -0.25) is 0 Å². The van der Waals surface area contributed by atoms with E-state index in [1.807, 2.05) is 0 Å². The van der Waals surface area contributed by atoms with Crippen LogP contribution in [-0.2, 0) is 11.2 Å². The SMILES string of the molecule is CN1CCC(Cc2nc([C@@H]3CCOC3)n(C3CCCCC3)n2)CC1. The summed E-state index contributed by atoms with van der Waals surface area (Å²) in [6, 6.07) is 0.577. The van der Waals surface area contributed by atoms with Crippen LogP contribution in [0.15, 0.2) is 0 Å². The quantitative estimate of drug-likeness (QED) is 0.849. The zero-order valence-corrected chi connectivity index (χ0v) is 15.1. The zero-order chi connectivity index (χ0) is 16.4. The van der Waals surface area contributed by atoms with E-state index in [0.29, 0.717) is 12.0 Å². The number of nitrogens with zero attached hydrogens (tertiary/aromatic N) is 4. The molecular formula is C19H32N4O. The highest BCUT2D eigenvalue weighted by Gasteiger charge is 2.29. The molecule has 1 aliphatic carbocycles. The first kappa shape index (κ1) is 16.5. The smallest absolute Gasteiger partial charge is 0.151 e. The van der Waals surface area contributed by atoms with Crippen molar-refractivity contribution in [1.29, 1.82) is 0 Å². The van der Waals surface area contributed by atoms with Crippen LogP contribution in [0.1, 0.15) is 75.0 Å². The van der Waals surface area contributed by atoms with Crippen LogP contribution in [0.5, 0.6) is 0 Å². The Morgan fingerprint density at radius 3 is 2.54 bits per heavy atom. The van der Waals surface area contributed by atoms with Crippen LogP contribution in [0.3, 0.4) is 0 Å². The summed E-state index contributed by atoms with van der Waals surface area (Å²) < 4.78 is 7.96. The first-order chi connectivity index (χ1) is 11.8. The summed E-state index contributed by atoms with van der Waals surface area (Å²) in [7, 11) is 2.23. The molecule has 1 aromatic heterocycles. The lowest BCUT2D eigenvalue weighted by Gasteiger charge is -2.28. The maximum absolute atomic E-state index is 5.64.